The summed E-state index contributed by atoms with van der Waals surface area (Å²) in [5, 5.41) is 15.1. The van der Waals surface area contributed by atoms with E-state index in [1.165, 1.54) is 5.56 Å². The molecule has 3 heterocycles. The molecule has 1 atom stereocenters. The molecule has 0 bridgehead atoms. The molecular formula is C18H21N5O. The lowest BCUT2D eigenvalue weighted by atomic mass is 10.1. The highest BCUT2D eigenvalue weighted by molar-refractivity contribution is 5.87. The van der Waals surface area contributed by atoms with Crippen molar-refractivity contribution in [2.75, 3.05) is 18.0 Å². The van der Waals surface area contributed by atoms with Crippen LogP contribution >= 0.6 is 0 Å². The second kappa shape index (κ2) is 6.20. The highest BCUT2D eigenvalue weighted by Gasteiger charge is 2.24. The summed E-state index contributed by atoms with van der Waals surface area (Å²) < 4.78 is 1.79. The van der Waals surface area contributed by atoms with Crippen molar-refractivity contribution >= 4 is 16.9 Å². The van der Waals surface area contributed by atoms with Crippen LogP contribution in [-0.2, 0) is 19.9 Å². The molecule has 2 aromatic heterocycles. The van der Waals surface area contributed by atoms with Gasteiger partial charge >= 0.3 is 0 Å². The number of hydrogen-bond donors (Lipinski definition) is 1. The van der Waals surface area contributed by atoms with Crippen molar-refractivity contribution in [1.29, 1.82) is 0 Å². The number of hydrogen-bond acceptors (Lipinski definition) is 5. The van der Waals surface area contributed by atoms with E-state index in [9.17, 15) is 5.11 Å². The number of β-amino-alcohol motifs (C(OH)–C–C–N with tert-alkyl or cyclic N) is 1. The molecule has 1 aliphatic rings. The molecule has 0 amide bonds. The first kappa shape index (κ1) is 15.1. The van der Waals surface area contributed by atoms with Crippen molar-refractivity contribution in [2.24, 2.45) is 7.05 Å². The van der Waals surface area contributed by atoms with Gasteiger partial charge in [-0.1, -0.05) is 30.3 Å². The van der Waals surface area contributed by atoms with E-state index in [1.54, 1.807) is 4.68 Å². The van der Waals surface area contributed by atoms with Crippen molar-refractivity contribution in [3.05, 3.63) is 47.9 Å². The van der Waals surface area contributed by atoms with Gasteiger partial charge in [0.1, 0.15) is 11.6 Å². The Morgan fingerprint density at radius 1 is 1.17 bits per heavy atom. The maximum absolute atomic E-state index is 9.85. The predicted octanol–water partition coefficient (Wildman–Crippen LogP) is 1.72. The summed E-state index contributed by atoms with van der Waals surface area (Å²) in [7, 11) is 1.90. The van der Waals surface area contributed by atoms with E-state index in [1.807, 2.05) is 19.3 Å². The predicted molar refractivity (Wildman–Crippen MR) is 93.0 cm³/mol. The SMILES string of the molecule is Cn1ncc2c(N3CC[C@H](O)C3)nc(CCc3ccccc3)nc21. The van der Waals surface area contributed by atoms with Crippen LogP contribution in [0.5, 0.6) is 0 Å². The van der Waals surface area contributed by atoms with E-state index in [2.05, 4.69) is 34.3 Å². The van der Waals surface area contributed by atoms with Crippen LogP contribution in [0.1, 0.15) is 17.8 Å². The Hall–Kier alpha value is -2.47. The lowest BCUT2D eigenvalue weighted by Gasteiger charge is -2.18. The number of aliphatic hydroxyl groups is 1. The number of aliphatic hydroxyl groups excluding tert-OH is 1. The van der Waals surface area contributed by atoms with E-state index < -0.39 is 0 Å². The van der Waals surface area contributed by atoms with Gasteiger partial charge in [0.15, 0.2) is 5.65 Å². The Morgan fingerprint density at radius 2 is 2.00 bits per heavy atom. The van der Waals surface area contributed by atoms with Crippen LogP contribution in [0, 0.1) is 0 Å². The minimum atomic E-state index is -0.278. The van der Waals surface area contributed by atoms with Crippen molar-refractivity contribution in [2.45, 2.75) is 25.4 Å². The molecule has 0 unspecified atom stereocenters. The zero-order valence-corrected chi connectivity index (χ0v) is 13.8. The van der Waals surface area contributed by atoms with Gasteiger partial charge in [0.2, 0.25) is 0 Å². The Balaban J connectivity index is 1.67. The van der Waals surface area contributed by atoms with Gasteiger partial charge in [-0.2, -0.15) is 5.10 Å². The van der Waals surface area contributed by atoms with Gasteiger partial charge in [-0.05, 0) is 18.4 Å². The summed E-state index contributed by atoms with van der Waals surface area (Å²) >= 11 is 0. The first-order valence-corrected chi connectivity index (χ1v) is 8.36. The van der Waals surface area contributed by atoms with Gasteiger partial charge < -0.3 is 10.0 Å². The van der Waals surface area contributed by atoms with Gasteiger partial charge in [0.25, 0.3) is 0 Å². The van der Waals surface area contributed by atoms with Crippen LogP contribution in [0.25, 0.3) is 11.0 Å². The van der Waals surface area contributed by atoms with E-state index >= 15 is 0 Å². The number of aryl methyl sites for hydroxylation is 3. The van der Waals surface area contributed by atoms with Crippen molar-refractivity contribution in [3.63, 3.8) is 0 Å². The molecule has 124 valence electrons. The monoisotopic (exact) mass is 323 g/mol. The van der Waals surface area contributed by atoms with E-state index in [-0.39, 0.29) is 6.10 Å². The summed E-state index contributed by atoms with van der Waals surface area (Å²) in [5.41, 5.74) is 2.13. The number of aromatic nitrogens is 4. The molecule has 1 N–H and O–H groups in total. The quantitative estimate of drug-likeness (QED) is 0.792. The largest absolute Gasteiger partial charge is 0.391 e. The number of fused-ring (bicyclic) bond motifs is 1. The molecule has 1 aromatic carbocycles. The van der Waals surface area contributed by atoms with Crippen LogP contribution in [0.15, 0.2) is 36.5 Å². The fourth-order valence-electron chi connectivity index (χ4n) is 3.24. The van der Waals surface area contributed by atoms with E-state index in [0.29, 0.717) is 6.54 Å². The third-order valence-corrected chi connectivity index (χ3v) is 4.56. The van der Waals surface area contributed by atoms with Crippen LogP contribution < -0.4 is 4.90 Å². The van der Waals surface area contributed by atoms with E-state index in [0.717, 1.165) is 48.5 Å². The fourth-order valence-corrected chi connectivity index (χ4v) is 3.24. The zero-order chi connectivity index (χ0) is 16.5. The topological polar surface area (TPSA) is 67.1 Å². The maximum atomic E-state index is 9.85. The molecule has 4 rings (SSSR count). The lowest BCUT2D eigenvalue weighted by molar-refractivity contribution is 0.198. The summed E-state index contributed by atoms with van der Waals surface area (Å²) in [5.74, 6) is 1.72. The molecule has 6 heteroatoms. The minimum absolute atomic E-state index is 0.278. The standard InChI is InChI=1S/C18H21N5O/c1-22-17-15(11-19-22)18(23-10-9-14(24)12-23)21-16(20-17)8-7-13-5-3-2-4-6-13/h2-6,11,14,24H,7-10,12H2,1H3/t14-/m0/s1. The maximum Gasteiger partial charge on any atom is 0.163 e. The molecule has 0 aliphatic carbocycles. The Labute approximate surface area is 140 Å². The van der Waals surface area contributed by atoms with Crippen LogP contribution in [0.3, 0.4) is 0 Å². The lowest BCUT2D eigenvalue weighted by Crippen LogP contribution is -2.23. The summed E-state index contributed by atoms with van der Waals surface area (Å²) in [4.78, 5) is 11.6. The summed E-state index contributed by atoms with van der Waals surface area (Å²) in [6.45, 7) is 1.44. The molecule has 0 saturated carbocycles. The molecule has 1 fully saturated rings. The smallest absolute Gasteiger partial charge is 0.163 e. The average molecular weight is 323 g/mol. The fraction of sp³-hybridized carbons (Fsp3) is 0.389. The van der Waals surface area contributed by atoms with Crippen LogP contribution in [0.2, 0.25) is 0 Å². The number of benzene rings is 1. The Morgan fingerprint density at radius 3 is 2.75 bits per heavy atom. The number of rotatable bonds is 4. The average Bonchev–Trinajstić information content (AvgIpc) is 3.20. The van der Waals surface area contributed by atoms with Gasteiger partial charge in [-0.15, -0.1) is 0 Å². The molecule has 24 heavy (non-hydrogen) atoms. The summed E-state index contributed by atoms with van der Waals surface area (Å²) in [6, 6.07) is 10.4. The Kier molecular flexibility index (Phi) is 3.90. The molecule has 3 aromatic rings. The normalized spacial score (nSPS) is 17.8. The van der Waals surface area contributed by atoms with Crippen LogP contribution in [-0.4, -0.2) is 44.0 Å². The molecule has 1 aliphatic heterocycles. The van der Waals surface area contributed by atoms with Crippen LogP contribution in [0.4, 0.5) is 5.82 Å². The second-order valence-corrected chi connectivity index (χ2v) is 6.34. The first-order chi connectivity index (χ1) is 11.7. The first-order valence-electron chi connectivity index (χ1n) is 8.36. The molecule has 6 nitrogen and oxygen atoms in total. The van der Waals surface area contributed by atoms with Crippen molar-refractivity contribution in [1.82, 2.24) is 19.7 Å². The van der Waals surface area contributed by atoms with Gasteiger partial charge in [0.05, 0.1) is 17.7 Å². The minimum Gasteiger partial charge on any atom is -0.391 e. The highest BCUT2D eigenvalue weighted by Crippen LogP contribution is 2.27. The second-order valence-electron chi connectivity index (χ2n) is 6.34. The molecule has 1 saturated heterocycles. The van der Waals surface area contributed by atoms with Crippen molar-refractivity contribution in [3.8, 4) is 0 Å². The van der Waals surface area contributed by atoms with Crippen molar-refractivity contribution < 1.29 is 5.11 Å². The third-order valence-electron chi connectivity index (χ3n) is 4.56. The van der Waals surface area contributed by atoms with Gasteiger partial charge in [0, 0.05) is 26.6 Å². The number of nitrogens with zero attached hydrogens (tertiary/aromatic N) is 5. The molecular weight excluding hydrogens is 302 g/mol. The highest BCUT2D eigenvalue weighted by atomic mass is 16.3. The third kappa shape index (κ3) is 2.85. The van der Waals surface area contributed by atoms with Gasteiger partial charge in [-0.3, -0.25) is 4.68 Å². The molecule has 0 spiro atoms. The summed E-state index contributed by atoms with van der Waals surface area (Å²) in [6.07, 6.45) is 4.02. The van der Waals surface area contributed by atoms with E-state index in [4.69, 9.17) is 9.97 Å². The zero-order valence-electron chi connectivity index (χ0n) is 13.8. The number of anilines is 1. The molecule has 0 radical (unpaired) electrons. The van der Waals surface area contributed by atoms with Gasteiger partial charge in [-0.25, -0.2) is 9.97 Å². The Bertz CT molecular complexity index is 845.